The number of carboxylic acids is 1. The van der Waals surface area contributed by atoms with Crippen LogP contribution < -0.4 is 19.5 Å². The van der Waals surface area contributed by atoms with Gasteiger partial charge in [-0.25, -0.2) is 27.3 Å². The molecular weight excluding hydrogens is 770 g/mol. The van der Waals surface area contributed by atoms with Crippen molar-refractivity contribution in [2.45, 2.75) is 57.8 Å². The standard InChI is InChI=1S/C38H39F3N6O7SSi/c1-24(26-9-12-29(39)13-10-26)54-33-19-28(11-15-32(33)46-55(50,51)38(40)41)35-31(20-42)36(47(45-35)23-52-17-18-56(2,3)4)44-34-16-14-30(21-43-34)53-22-25-5-7-27(8-6-25)37(48)49/h5-16,19,21,24,38,46H,17-18,22-23H2,1-4H3,(H,43,44)(H,48,49)/t24-/m0/s1. The molecule has 0 bridgehead atoms. The third-order valence-electron chi connectivity index (χ3n) is 8.25. The second-order valence-corrected chi connectivity index (χ2v) is 21.0. The van der Waals surface area contributed by atoms with Gasteiger partial charge in [-0.3, -0.25) is 4.72 Å². The van der Waals surface area contributed by atoms with Crippen LogP contribution in [0.4, 0.5) is 30.5 Å². The number of hydrogen-bond acceptors (Lipinski definition) is 10. The fourth-order valence-corrected chi connectivity index (χ4v) is 6.45. The number of sulfonamides is 1. The molecule has 3 N–H and O–H groups in total. The Balaban J connectivity index is 1.47. The van der Waals surface area contributed by atoms with E-state index in [1.54, 1.807) is 31.2 Å². The lowest BCUT2D eigenvalue weighted by atomic mass is 10.1. The maximum absolute atomic E-state index is 13.6. The molecule has 3 aromatic carbocycles. The van der Waals surface area contributed by atoms with E-state index < -0.39 is 41.7 Å². The van der Waals surface area contributed by atoms with Crippen molar-refractivity contribution in [1.29, 1.82) is 5.26 Å². The van der Waals surface area contributed by atoms with Gasteiger partial charge in [0.1, 0.15) is 59.9 Å². The quantitative estimate of drug-likeness (QED) is 0.0572. The number of benzene rings is 3. The fraction of sp³-hybridized carbons (Fsp3) is 0.263. The third-order valence-corrected chi connectivity index (χ3v) is 10.9. The van der Waals surface area contributed by atoms with E-state index in [1.165, 1.54) is 65.5 Å². The molecule has 0 fully saturated rings. The molecule has 0 radical (unpaired) electrons. The Morgan fingerprint density at radius 1 is 1.04 bits per heavy atom. The number of nitrogens with one attached hydrogen (secondary N) is 2. The first-order valence-corrected chi connectivity index (χ1v) is 22.4. The average Bonchev–Trinajstić information content (AvgIpc) is 3.50. The van der Waals surface area contributed by atoms with E-state index in [-0.39, 0.29) is 53.0 Å². The maximum Gasteiger partial charge on any atom is 0.355 e. The number of aromatic nitrogens is 3. The Bertz CT molecular complexity index is 2300. The number of ether oxygens (including phenoxy) is 3. The molecule has 56 heavy (non-hydrogen) atoms. The number of anilines is 3. The summed E-state index contributed by atoms with van der Waals surface area (Å²) in [5.41, 5.74) is 1.61. The zero-order chi connectivity index (χ0) is 40.6. The van der Waals surface area contributed by atoms with Gasteiger partial charge in [0.15, 0.2) is 5.82 Å². The lowest BCUT2D eigenvalue weighted by Gasteiger charge is -2.19. The highest BCUT2D eigenvalue weighted by atomic mass is 32.2. The highest BCUT2D eigenvalue weighted by Crippen LogP contribution is 2.38. The van der Waals surface area contributed by atoms with E-state index in [4.69, 9.17) is 19.3 Å². The second-order valence-electron chi connectivity index (χ2n) is 13.8. The van der Waals surface area contributed by atoms with Gasteiger partial charge in [0.05, 0.1) is 17.4 Å². The molecule has 0 amide bonds. The number of rotatable bonds is 18. The molecule has 0 saturated heterocycles. The van der Waals surface area contributed by atoms with Gasteiger partial charge in [-0.1, -0.05) is 50.0 Å². The minimum Gasteiger partial charge on any atom is -0.487 e. The Morgan fingerprint density at radius 2 is 1.75 bits per heavy atom. The van der Waals surface area contributed by atoms with E-state index in [1.807, 2.05) is 4.72 Å². The molecule has 294 valence electrons. The first kappa shape index (κ1) is 41.3. The number of aromatic carboxylic acids is 1. The molecule has 5 rings (SSSR count). The number of nitriles is 1. The normalized spacial score (nSPS) is 12.2. The number of halogens is 3. The largest absolute Gasteiger partial charge is 0.487 e. The first-order chi connectivity index (χ1) is 26.5. The Morgan fingerprint density at radius 3 is 2.36 bits per heavy atom. The highest BCUT2D eigenvalue weighted by molar-refractivity contribution is 7.93. The highest BCUT2D eigenvalue weighted by Gasteiger charge is 2.27. The number of nitrogens with zero attached hydrogens (tertiary/aromatic N) is 4. The van der Waals surface area contributed by atoms with E-state index in [9.17, 15) is 31.6 Å². The van der Waals surface area contributed by atoms with E-state index in [2.05, 4.69) is 41.1 Å². The van der Waals surface area contributed by atoms with Gasteiger partial charge in [-0.2, -0.15) is 19.1 Å². The second kappa shape index (κ2) is 17.7. The molecule has 5 aromatic rings. The maximum atomic E-state index is 13.6. The molecule has 0 aliphatic rings. The molecule has 2 aromatic heterocycles. The summed E-state index contributed by atoms with van der Waals surface area (Å²) in [5.74, 6) is -4.43. The minimum absolute atomic E-state index is 0.0550. The van der Waals surface area contributed by atoms with Crippen molar-refractivity contribution in [1.82, 2.24) is 14.8 Å². The summed E-state index contributed by atoms with van der Waals surface area (Å²) in [6, 6.07) is 22.0. The van der Waals surface area contributed by atoms with E-state index in [0.29, 0.717) is 23.7 Å². The Hall–Kier alpha value is -5.90. The van der Waals surface area contributed by atoms with Crippen LogP contribution in [0.5, 0.6) is 11.5 Å². The molecule has 1 atom stereocenters. The summed E-state index contributed by atoms with van der Waals surface area (Å²) in [4.78, 5) is 15.6. The minimum atomic E-state index is -5.10. The van der Waals surface area contributed by atoms with Crippen molar-refractivity contribution >= 4 is 41.4 Å². The van der Waals surface area contributed by atoms with Gasteiger partial charge in [0.2, 0.25) is 0 Å². The summed E-state index contributed by atoms with van der Waals surface area (Å²) in [6.45, 7) is 8.78. The zero-order valence-electron chi connectivity index (χ0n) is 30.8. The number of carbonyl (C=O) groups is 1. The van der Waals surface area contributed by atoms with E-state index >= 15 is 0 Å². The van der Waals surface area contributed by atoms with Gasteiger partial charge in [0.25, 0.3) is 10.0 Å². The molecule has 0 aliphatic heterocycles. The summed E-state index contributed by atoms with van der Waals surface area (Å²) in [7, 11) is -6.55. The smallest absolute Gasteiger partial charge is 0.355 e. The van der Waals surface area contributed by atoms with Crippen molar-refractivity contribution in [2.24, 2.45) is 0 Å². The fourth-order valence-electron chi connectivity index (χ4n) is 5.13. The summed E-state index contributed by atoms with van der Waals surface area (Å²) < 4.78 is 86.0. The van der Waals surface area contributed by atoms with Crippen LogP contribution in [0, 0.1) is 17.1 Å². The molecule has 0 spiro atoms. The molecule has 2 heterocycles. The summed E-state index contributed by atoms with van der Waals surface area (Å²) in [5, 5.41) is 27.4. The van der Waals surface area contributed by atoms with Crippen LogP contribution in [0.25, 0.3) is 11.3 Å². The van der Waals surface area contributed by atoms with Gasteiger partial charge in [0, 0.05) is 20.2 Å². The number of hydrogen-bond donors (Lipinski definition) is 3. The van der Waals surface area contributed by atoms with Crippen LogP contribution >= 0.6 is 0 Å². The molecule has 0 unspecified atom stereocenters. The number of pyridine rings is 1. The SMILES string of the molecule is C[C@H](Oc1cc(-c2nn(COCC[Si](C)(C)C)c(Nc3ccc(OCc4ccc(C(=O)O)cc4)cn3)c2C#N)ccc1NS(=O)(=O)C(F)F)c1ccc(F)cc1. The first-order valence-electron chi connectivity index (χ1n) is 17.2. The predicted molar refractivity (Wildman–Crippen MR) is 206 cm³/mol. The van der Waals surface area contributed by atoms with Crippen molar-refractivity contribution < 1.29 is 45.7 Å². The van der Waals surface area contributed by atoms with Gasteiger partial charge in [-0.05, 0) is 72.6 Å². The summed E-state index contributed by atoms with van der Waals surface area (Å²) in [6.07, 6.45) is 0.679. The monoisotopic (exact) mass is 808 g/mol. The average molecular weight is 809 g/mol. The lowest BCUT2D eigenvalue weighted by molar-refractivity contribution is 0.0696. The van der Waals surface area contributed by atoms with Gasteiger partial charge < -0.3 is 24.6 Å². The van der Waals surface area contributed by atoms with Crippen LogP contribution in [0.1, 0.15) is 40.1 Å². The van der Waals surface area contributed by atoms with Crippen molar-refractivity contribution in [2.75, 3.05) is 16.6 Å². The van der Waals surface area contributed by atoms with Crippen molar-refractivity contribution in [3.8, 4) is 28.8 Å². The molecule has 13 nitrogen and oxygen atoms in total. The van der Waals surface area contributed by atoms with Crippen LogP contribution in [0.15, 0.2) is 85.1 Å². The van der Waals surface area contributed by atoms with E-state index in [0.717, 1.165) is 11.6 Å². The van der Waals surface area contributed by atoms with Gasteiger partial charge >= 0.3 is 11.7 Å². The molecule has 18 heteroatoms. The molecule has 0 saturated carbocycles. The van der Waals surface area contributed by atoms with Crippen LogP contribution in [-0.4, -0.2) is 54.7 Å². The number of carboxylic acid groups (broad SMARTS) is 1. The Kier molecular flexibility index (Phi) is 13.0. The van der Waals surface area contributed by atoms with Crippen LogP contribution in [-0.2, 0) is 28.1 Å². The Labute approximate surface area is 322 Å². The third kappa shape index (κ3) is 10.9. The predicted octanol–water partition coefficient (Wildman–Crippen LogP) is 8.39. The van der Waals surface area contributed by atoms with Gasteiger partial charge in [-0.15, -0.1) is 0 Å². The number of alkyl halides is 2. The summed E-state index contributed by atoms with van der Waals surface area (Å²) >= 11 is 0. The topological polar surface area (TPSA) is 178 Å². The van der Waals surface area contributed by atoms with Crippen molar-refractivity contribution in [3.63, 3.8) is 0 Å². The van der Waals surface area contributed by atoms with Crippen LogP contribution in [0.3, 0.4) is 0 Å². The molecular formula is C38H39F3N6O7SSi. The van der Waals surface area contributed by atoms with Crippen LogP contribution in [0.2, 0.25) is 25.7 Å². The lowest BCUT2D eigenvalue weighted by Crippen LogP contribution is -2.22. The zero-order valence-corrected chi connectivity index (χ0v) is 32.6. The van der Waals surface area contributed by atoms with Crippen molar-refractivity contribution in [3.05, 3.63) is 113 Å². The molecule has 0 aliphatic carbocycles.